The van der Waals surface area contributed by atoms with Crippen molar-refractivity contribution in [1.29, 1.82) is 0 Å². The van der Waals surface area contributed by atoms with Gasteiger partial charge in [-0.2, -0.15) is 0 Å². The molecule has 0 amide bonds. The van der Waals surface area contributed by atoms with Crippen molar-refractivity contribution >= 4 is 0 Å². The molecule has 0 spiro atoms. The Morgan fingerprint density at radius 1 is 1.11 bits per heavy atom. The Labute approximate surface area is 117 Å². The van der Waals surface area contributed by atoms with Crippen molar-refractivity contribution in [1.82, 2.24) is 5.32 Å². The normalized spacial score (nSPS) is 18.4. The molecule has 0 bridgehead atoms. The van der Waals surface area contributed by atoms with Crippen LogP contribution in [0.5, 0.6) is 0 Å². The van der Waals surface area contributed by atoms with Crippen LogP contribution in [0, 0.1) is 5.92 Å². The third-order valence-electron chi connectivity index (χ3n) is 4.19. The third kappa shape index (κ3) is 4.32. The molecule has 1 fully saturated rings. The summed E-state index contributed by atoms with van der Waals surface area (Å²) in [5.74, 6) is 0.763. The van der Waals surface area contributed by atoms with Crippen molar-refractivity contribution in [3.63, 3.8) is 0 Å². The minimum absolute atomic E-state index is 0.598. The molecule has 1 atom stereocenters. The molecule has 106 valence electrons. The molecule has 1 aliphatic heterocycles. The Balaban J connectivity index is 1.97. The van der Waals surface area contributed by atoms with Crippen molar-refractivity contribution in [3.8, 4) is 0 Å². The number of hydrogen-bond acceptors (Lipinski definition) is 2. The minimum atomic E-state index is 0.598. The highest BCUT2D eigenvalue weighted by Gasteiger charge is 2.23. The molecule has 1 unspecified atom stereocenters. The molecule has 2 heteroatoms. The number of aryl methyl sites for hydroxylation is 1. The first-order valence-corrected chi connectivity index (χ1v) is 7.72. The number of nitrogens with one attached hydrogen (secondary N) is 1. The highest BCUT2D eigenvalue weighted by Crippen LogP contribution is 2.22. The lowest BCUT2D eigenvalue weighted by Gasteiger charge is -2.31. The molecule has 1 heterocycles. The van der Waals surface area contributed by atoms with Gasteiger partial charge in [-0.1, -0.05) is 38.1 Å². The van der Waals surface area contributed by atoms with E-state index in [9.17, 15) is 0 Å². The predicted octanol–water partition coefficient (Wildman–Crippen LogP) is 3.20. The zero-order valence-electron chi connectivity index (χ0n) is 12.3. The van der Waals surface area contributed by atoms with Crippen LogP contribution >= 0.6 is 0 Å². The highest BCUT2D eigenvalue weighted by atomic mass is 16.5. The van der Waals surface area contributed by atoms with E-state index in [1.54, 1.807) is 0 Å². The van der Waals surface area contributed by atoms with Crippen molar-refractivity contribution in [3.05, 3.63) is 35.4 Å². The predicted molar refractivity (Wildman–Crippen MR) is 80.5 cm³/mol. The first kappa shape index (κ1) is 14.5. The maximum Gasteiger partial charge on any atom is 0.0469 e. The van der Waals surface area contributed by atoms with E-state index in [2.05, 4.69) is 43.4 Å². The summed E-state index contributed by atoms with van der Waals surface area (Å²) in [4.78, 5) is 0. The van der Waals surface area contributed by atoms with E-state index < -0.39 is 0 Å². The van der Waals surface area contributed by atoms with Gasteiger partial charge < -0.3 is 10.1 Å². The van der Waals surface area contributed by atoms with Gasteiger partial charge in [0.2, 0.25) is 0 Å². The first-order valence-electron chi connectivity index (χ1n) is 7.72. The fraction of sp³-hybridized carbons (Fsp3) is 0.647. The summed E-state index contributed by atoms with van der Waals surface area (Å²) in [5.41, 5.74) is 2.88. The Hall–Kier alpha value is -0.860. The molecule has 0 radical (unpaired) electrons. The zero-order valence-corrected chi connectivity index (χ0v) is 12.3. The standard InChI is InChI=1S/C17H27NO/c1-3-14-5-7-15(8-6-14)13-17(18-4-2)16-9-11-19-12-10-16/h5-8,16-18H,3-4,9-13H2,1-2H3. The molecule has 0 aromatic heterocycles. The van der Waals surface area contributed by atoms with Gasteiger partial charge in [-0.15, -0.1) is 0 Å². The number of benzene rings is 1. The van der Waals surface area contributed by atoms with E-state index >= 15 is 0 Å². The van der Waals surface area contributed by atoms with Crippen LogP contribution in [0.3, 0.4) is 0 Å². The van der Waals surface area contributed by atoms with Gasteiger partial charge in [0.25, 0.3) is 0 Å². The van der Waals surface area contributed by atoms with Crippen LogP contribution < -0.4 is 5.32 Å². The summed E-state index contributed by atoms with van der Waals surface area (Å²) >= 11 is 0. The fourth-order valence-electron chi connectivity index (χ4n) is 2.95. The molecule has 2 rings (SSSR count). The topological polar surface area (TPSA) is 21.3 Å². The van der Waals surface area contributed by atoms with Gasteiger partial charge in [0.05, 0.1) is 0 Å². The van der Waals surface area contributed by atoms with E-state index in [-0.39, 0.29) is 0 Å². The maximum atomic E-state index is 5.48. The van der Waals surface area contributed by atoms with Crippen LogP contribution in [0.25, 0.3) is 0 Å². The summed E-state index contributed by atoms with van der Waals surface area (Å²) in [6.45, 7) is 7.32. The van der Waals surface area contributed by atoms with Crippen LogP contribution in [0.4, 0.5) is 0 Å². The average molecular weight is 261 g/mol. The Morgan fingerprint density at radius 3 is 2.32 bits per heavy atom. The fourth-order valence-corrected chi connectivity index (χ4v) is 2.95. The lowest BCUT2D eigenvalue weighted by Crippen LogP contribution is -2.40. The number of ether oxygens (including phenoxy) is 1. The molecule has 0 saturated carbocycles. The van der Waals surface area contributed by atoms with Crippen molar-refractivity contribution in [2.75, 3.05) is 19.8 Å². The summed E-state index contributed by atoms with van der Waals surface area (Å²) in [5, 5.41) is 3.67. The molecule has 1 saturated heterocycles. The molecular weight excluding hydrogens is 234 g/mol. The number of rotatable bonds is 6. The Kier molecular flexibility index (Phi) is 5.87. The number of hydrogen-bond donors (Lipinski definition) is 1. The molecule has 1 N–H and O–H groups in total. The summed E-state index contributed by atoms with van der Waals surface area (Å²) in [6, 6.07) is 9.72. The lowest BCUT2D eigenvalue weighted by atomic mass is 9.87. The average Bonchev–Trinajstić information content (AvgIpc) is 2.48. The second-order valence-corrected chi connectivity index (χ2v) is 5.49. The van der Waals surface area contributed by atoms with Gasteiger partial charge >= 0.3 is 0 Å². The van der Waals surface area contributed by atoms with E-state index in [4.69, 9.17) is 4.74 Å². The maximum absolute atomic E-state index is 5.48. The minimum Gasteiger partial charge on any atom is -0.381 e. The van der Waals surface area contributed by atoms with E-state index in [0.29, 0.717) is 6.04 Å². The van der Waals surface area contributed by atoms with Gasteiger partial charge in [-0.3, -0.25) is 0 Å². The second kappa shape index (κ2) is 7.66. The van der Waals surface area contributed by atoms with Crippen LogP contribution in [-0.2, 0) is 17.6 Å². The van der Waals surface area contributed by atoms with Crippen LogP contribution in [0.2, 0.25) is 0 Å². The van der Waals surface area contributed by atoms with E-state index in [1.165, 1.54) is 24.0 Å². The molecule has 1 aliphatic rings. The van der Waals surface area contributed by atoms with E-state index in [1.807, 2.05) is 0 Å². The van der Waals surface area contributed by atoms with Gasteiger partial charge in [0, 0.05) is 19.3 Å². The van der Waals surface area contributed by atoms with Gasteiger partial charge in [-0.05, 0) is 49.3 Å². The van der Waals surface area contributed by atoms with Crippen molar-refractivity contribution in [2.45, 2.75) is 45.6 Å². The zero-order chi connectivity index (χ0) is 13.5. The molecule has 1 aromatic rings. The summed E-state index contributed by atoms with van der Waals surface area (Å²) in [6.07, 6.45) is 4.66. The van der Waals surface area contributed by atoms with Crippen LogP contribution in [0.15, 0.2) is 24.3 Å². The Bertz CT molecular complexity index is 354. The Morgan fingerprint density at radius 2 is 1.74 bits per heavy atom. The van der Waals surface area contributed by atoms with Gasteiger partial charge in [-0.25, -0.2) is 0 Å². The SMILES string of the molecule is CCNC(Cc1ccc(CC)cc1)C1CCOCC1. The van der Waals surface area contributed by atoms with Gasteiger partial charge in [0.1, 0.15) is 0 Å². The first-order chi connectivity index (χ1) is 9.33. The second-order valence-electron chi connectivity index (χ2n) is 5.49. The van der Waals surface area contributed by atoms with Crippen molar-refractivity contribution < 1.29 is 4.74 Å². The molecule has 0 aliphatic carbocycles. The quantitative estimate of drug-likeness (QED) is 0.849. The monoisotopic (exact) mass is 261 g/mol. The smallest absolute Gasteiger partial charge is 0.0469 e. The molecule has 19 heavy (non-hydrogen) atoms. The summed E-state index contributed by atoms with van der Waals surface area (Å²) in [7, 11) is 0. The number of likely N-dealkylation sites (N-methyl/N-ethyl adjacent to an activating group) is 1. The van der Waals surface area contributed by atoms with Crippen LogP contribution in [0.1, 0.15) is 37.8 Å². The van der Waals surface area contributed by atoms with Crippen LogP contribution in [-0.4, -0.2) is 25.8 Å². The highest BCUT2D eigenvalue weighted by molar-refractivity contribution is 5.23. The molecule has 2 nitrogen and oxygen atoms in total. The third-order valence-corrected chi connectivity index (χ3v) is 4.19. The van der Waals surface area contributed by atoms with Gasteiger partial charge in [0.15, 0.2) is 0 Å². The largest absolute Gasteiger partial charge is 0.381 e. The molecule has 1 aromatic carbocycles. The summed E-state index contributed by atoms with van der Waals surface area (Å²) < 4.78 is 5.48. The lowest BCUT2D eigenvalue weighted by molar-refractivity contribution is 0.0540. The molecular formula is C17H27NO. The van der Waals surface area contributed by atoms with E-state index in [0.717, 1.165) is 38.5 Å². The van der Waals surface area contributed by atoms with Crippen molar-refractivity contribution in [2.24, 2.45) is 5.92 Å².